The van der Waals surface area contributed by atoms with E-state index >= 15 is 0 Å². The van der Waals surface area contributed by atoms with E-state index in [-0.39, 0.29) is 30.1 Å². The quantitative estimate of drug-likeness (QED) is 0.430. The molecule has 0 saturated heterocycles. The number of carbonyl (C=O) groups excluding carboxylic acids is 2. The first-order valence-electron chi connectivity index (χ1n) is 7.09. The van der Waals surface area contributed by atoms with Gasteiger partial charge < -0.3 is 10.2 Å². The number of benzene rings is 1. The lowest BCUT2D eigenvalue weighted by Gasteiger charge is -2.08. The average molecular weight is 308 g/mol. The zero-order valence-corrected chi connectivity index (χ0v) is 12.2. The van der Waals surface area contributed by atoms with Gasteiger partial charge in [-0.15, -0.1) is 0 Å². The second-order valence-corrected chi connectivity index (χ2v) is 4.83. The van der Waals surface area contributed by atoms with Crippen LogP contribution in [0.25, 0.3) is 0 Å². The Balaban J connectivity index is 2.17. The SMILES string of the molecule is O=C(O)CCCCCCC(=O)NNC(=O)c1ccccc1O. The molecule has 0 radical (unpaired) electrons. The number of aliphatic carboxylic acids is 1. The number of aromatic hydroxyl groups is 1. The third-order valence-corrected chi connectivity index (χ3v) is 3.01. The van der Waals surface area contributed by atoms with Crippen LogP contribution < -0.4 is 10.9 Å². The van der Waals surface area contributed by atoms with Gasteiger partial charge in [-0.3, -0.25) is 25.2 Å². The molecule has 0 spiro atoms. The highest BCUT2D eigenvalue weighted by atomic mass is 16.4. The van der Waals surface area contributed by atoms with Crippen LogP contribution in [0.4, 0.5) is 0 Å². The van der Waals surface area contributed by atoms with Crippen LogP contribution in [0.5, 0.6) is 5.75 Å². The lowest BCUT2D eigenvalue weighted by atomic mass is 10.1. The van der Waals surface area contributed by atoms with Crippen LogP contribution in [0.2, 0.25) is 0 Å². The Kier molecular flexibility index (Phi) is 7.45. The van der Waals surface area contributed by atoms with Crippen molar-refractivity contribution in [2.75, 3.05) is 0 Å². The number of carbonyl (C=O) groups is 3. The maximum absolute atomic E-state index is 11.7. The van der Waals surface area contributed by atoms with Crippen molar-refractivity contribution in [1.29, 1.82) is 0 Å². The molecule has 0 bridgehead atoms. The zero-order valence-electron chi connectivity index (χ0n) is 12.2. The number of carboxylic acid groups (broad SMARTS) is 1. The minimum Gasteiger partial charge on any atom is -0.507 e. The van der Waals surface area contributed by atoms with Gasteiger partial charge in [-0.05, 0) is 25.0 Å². The van der Waals surface area contributed by atoms with E-state index in [9.17, 15) is 19.5 Å². The highest BCUT2D eigenvalue weighted by Gasteiger charge is 2.10. The third-order valence-electron chi connectivity index (χ3n) is 3.01. The number of hydrogen-bond donors (Lipinski definition) is 4. The third kappa shape index (κ3) is 6.74. The molecule has 0 aromatic heterocycles. The van der Waals surface area contributed by atoms with E-state index in [1.807, 2.05) is 0 Å². The fraction of sp³-hybridized carbons (Fsp3) is 0.400. The van der Waals surface area contributed by atoms with E-state index in [2.05, 4.69) is 10.9 Å². The molecule has 0 unspecified atom stereocenters. The van der Waals surface area contributed by atoms with Gasteiger partial charge in [0, 0.05) is 12.8 Å². The Bertz CT molecular complexity index is 530. The van der Waals surface area contributed by atoms with Crippen molar-refractivity contribution in [2.45, 2.75) is 38.5 Å². The fourth-order valence-corrected chi connectivity index (χ4v) is 1.84. The highest BCUT2D eigenvalue weighted by Crippen LogP contribution is 2.14. The molecule has 7 nitrogen and oxygen atoms in total. The number of hydrazine groups is 1. The first-order valence-corrected chi connectivity index (χ1v) is 7.09. The van der Waals surface area contributed by atoms with Crippen molar-refractivity contribution >= 4 is 17.8 Å². The average Bonchev–Trinajstić information content (AvgIpc) is 2.48. The molecule has 1 aromatic carbocycles. The summed E-state index contributed by atoms with van der Waals surface area (Å²) >= 11 is 0. The molecule has 0 aliphatic rings. The van der Waals surface area contributed by atoms with Gasteiger partial charge in [0.05, 0.1) is 5.56 Å². The summed E-state index contributed by atoms with van der Waals surface area (Å²) in [6.07, 6.45) is 3.12. The summed E-state index contributed by atoms with van der Waals surface area (Å²) in [5.74, 6) is -1.90. The molecule has 2 amide bonds. The first kappa shape index (κ1) is 17.5. The second-order valence-electron chi connectivity index (χ2n) is 4.83. The van der Waals surface area contributed by atoms with Crippen molar-refractivity contribution in [1.82, 2.24) is 10.9 Å². The first-order chi connectivity index (χ1) is 10.5. The zero-order chi connectivity index (χ0) is 16.4. The van der Waals surface area contributed by atoms with Crippen molar-refractivity contribution in [3.63, 3.8) is 0 Å². The molecule has 120 valence electrons. The van der Waals surface area contributed by atoms with Gasteiger partial charge in [-0.2, -0.15) is 0 Å². The monoisotopic (exact) mass is 308 g/mol. The molecule has 0 heterocycles. The summed E-state index contributed by atoms with van der Waals surface area (Å²) in [5, 5.41) is 18.0. The molecule has 22 heavy (non-hydrogen) atoms. The van der Waals surface area contributed by atoms with Gasteiger partial charge in [0.1, 0.15) is 5.75 Å². The summed E-state index contributed by atoms with van der Waals surface area (Å²) in [7, 11) is 0. The van der Waals surface area contributed by atoms with Gasteiger partial charge in [0.15, 0.2) is 0 Å². The predicted octanol–water partition coefficient (Wildman–Crippen LogP) is 1.58. The number of phenolic OH excluding ortho intramolecular Hbond substituents is 1. The van der Waals surface area contributed by atoms with Gasteiger partial charge in [0.25, 0.3) is 5.91 Å². The van der Waals surface area contributed by atoms with Crippen LogP contribution in [0.3, 0.4) is 0 Å². The molecule has 1 rings (SSSR count). The number of rotatable bonds is 8. The maximum Gasteiger partial charge on any atom is 0.303 e. The predicted molar refractivity (Wildman–Crippen MR) is 79.1 cm³/mol. The van der Waals surface area contributed by atoms with Crippen LogP contribution in [0, 0.1) is 0 Å². The Hall–Kier alpha value is -2.57. The van der Waals surface area contributed by atoms with Crippen molar-refractivity contribution < 1.29 is 24.6 Å². The Morgan fingerprint density at radius 1 is 0.909 bits per heavy atom. The smallest absolute Gasteiger partial charge is 0.303 e. The van der Waals surface area contributed by atoms with Gasteiger partial charge in [0.2, 0.25) is 5.91 Å². The van der Waals surface area contributed by atoms with Crippen molar-refractivity contribution in [2.24, 2.45) is 0 Å². The van der Waals surface area contributed by atoms with Gasteiger partial charge in [-0.1, -0.05) is 25.0 Å². The van der Waals surface area contributed by atoms with E-state index in [1.165, 1.54) is 12.1 Å². The normalized spacial score (nSPS) is 10.0. The summed E-state index contributed by atoms with van der Waals surface area (Å²) in [4.78, 5) is 33.5. The topological polar surface area (TPSA) is 116 Å². The minimum atomic E-state index is -0.815. The van der Waals surface area contributed by atoms with Crippen LogP contribution in [-0.2, 0) is 9.59 Å². The molecule has 0 fully saturated rings. The second kappa shape index (κ2) is 9.38. The number of para-hydroxylation sites is 1. The Morgan fingerprint density at radius 2 is 1.55 bits per heavy atom. The number of unbranched alkanes of at least 4 members (excludes halogenated alkanes) is 3. The molecule has 7 heteroatoms. The van der Waals surface area contributed by atoms with E-state index in [1.54, 1.807) is 12.1 Å². The molecule has 1 aromatic rings. The largest absolute Gasteiger partial charge is 0.507 e. The van der Waals surface area contributed by atoms with E-state index in [0.29, 0.717) is 12.8 Å². The summed E-state index contributed by atoms with van der Waals surface area (Å²) < 4.78 is 0. The standard InChI is InChI=1S/C15H20N2O5/c18-12-8-6-5-7-11(12)15(22)17-16-13(19)9-3-1-2-4-10-14(20)21/h5-8,18H,1-4,9-10H2,(H,16,19)(H,17,22)(H,20,21). The molecule has 0 atom stereocenters. The van der Waals surface area contributed by atoms with E-state index < -0.39 is 11.9 Å². The van der Waals surface area contributed by atoms with Gasteiger partial charge in [-0.25, -0.2) is 0 Å². The van der Waals surface area contributed by atoms with Crippen molar-refractivity contribution in [3.8, 4) is 5.75 Å². The molecular formula is C15H20N2O5. The summed E-state index contributed by atoms with van der Waals surface area (Å²) in [6, 6.07) is 6.02. The lowest BCUT2D eigenvalue weighted by Crippen LogP contribution is -2.41. The molecule has 0 aliphatic carbocycles. The summed E-state index contributed by atoms with van der Waals surface area (Å²) in [6.45, 7) is 0. The number of amides is 2. The fourth-order valence-electron chi connectivity index (χ4n) is 1.84. The van der Waals surface area contributed by atoms with E-state index in [0.717, 1.165) is 12.8 Å². The molecular weight excluding hydrogens is 288 g/mol. The molecule has 0 saturated carbocycles. The number of phenols is 1. The summed E-state index contributed by atoms with van der Waals surface area (Å²) in [5.41, 5.74) is 4.58. The van der Waals surface area contributed by atoms with Crippen molar-refractivity contribution in [3.05, 3.63) is 29.8 Å². The Labute approximate surface area is 128 Å². The molecule has 0 aliphatic heterocycles. The maximum atomic E-state index is 11.7. The molecule has 4 N–H and O–H groups in total. The number of hydrogen-bond acceptors (Lipinski definition) is 4. The Morgan fingerprint density at radius 3 is 2.18 bits per heavy atom. The lowest BCUT2D eigenvalue weighted by molar-refractivity contribution is -0.137. The van der Waals surface area contributed by atoms with Gasteiger partial charge >= 0.3 is 5.97 Å². The van der Waals surface area contributed by atoms with E-state index in [4.69, 9.17) is 5.11 Å². The van der Waals surface area contributed by atoms with Crippen LogP contribution in [0.15, 0.2) is 24.3 Å². The number of nitrogens with one attached hydrogen (secondary N) is 2. The minimum absolute atomic E-state index is 0.0801. The number of carboxylic acids is 1. The van der Waals surface area contributed by atoms with Crippen LogP contribution in [-0.4, -0.2) is 28.0 Å². The van der Waals surface area contributed by atoms with Crippen LogP contribution >= 0.6 is 0 Å². The van der Waals surface area contributed by atoms with Crippen LogP contribution in [0.1, 0.15) is 48.9 Å². The highest BCUT2D eigenvalue weighted by molar-refractivity contribution is 5.97.